The second kappa shape index (κ2) is 5.14. The van der Waals surface area contributed by atoms with Crippen molar-refractivity contribution in [1.82, 2.24) is 4.98 Å². The average Bonchev–Trinajstić information content (AvgIpc) is 2.37. The summed E-state index contributed by atoms with van der Waals surface area (Å²) in [6, 6.07) is 11.2. The minimum absolute atomic E-state index is 0.435. The monoisotopic (exact) mass is 292 g/mol. The maximum absolute atomic E-state index is 11.8. The van der Waals surface area contributed by atoms with Gasteiger partial charge in [-0.2, -0.15) is 0 Å². The second-order valence-electron chi connectivity index (χ2n) is 5.68. The van der Waals surface area contributed by atoms with E-state index < -0.39 is 20.6 Å². The minimum atomic E-state index is -3.22. The van der Waals surface area contributed by atoms with Gasteiger partial charge in [0.2, 0.25) is 0 Å². The van der Waals surface area contributed by atoms with Crippen LogP contribution in [0, 0.1) is 0 Å². The minimum Gasteiger partial charge on any atom is -0.326 e. The van der Waals surface area contributed by atoms with Gasteiger partial charge < -0.3 is 5.73 Å². The van der Waals surface area contributed by atoms with Crippen molar-refractivity contribution in [3.63, 3.8) is 0 Å². The molecule has 108 valence electrons. The number of sulfone groups is 1. The molecule has 0 spiro atoms. The lowest BCUT2D eigenvalue weighted by molar-refractivity contribution is 0.479. The number of benzene rings is 1. The molecule has 1 heterocycles. The van der Waals surface area contributed by atoms with E-state index in [2.05, 4.69) is 4.98 Å². The summed E-state index contributed by atoms with van der Waals surface area (Å²) in [7, 11) is -3.22. The van der Waals surface area contributed by atoms with Gasteiger partial charge in [0.05, 0.1) is 10.3 Å². The van der Waals surface area contributed by atoms with Crippen LogP contribution in [0.1, 0.15) is 19.5 Å². The number of rotatable bonds is 4. The summed E-state index contributed by atoms with van der Waals surface area (Å²) in [6.45, 7) is 3.32. The fourth-order valence-corrected chi connectivity index (χ4v) is 2.60. The lowest BCUT2D eigenvalue weighted by Gasteiger charge is -2.29. The molecule has 0 aliphatic carbocycles. The van der Waals surface area contributed by atoms with Crippen LogP contribution in [0.2, 0.25) is 0 Å². The van der Waals surface area contributed by atoms with Gasteiger partial charge in [-0.1, -0.05) is 24.3 Å². The van der Waals surface area contributed by atoms with E-state index in [9.17, 15) is 8.42 Å². The molecule has 0 aliphatic heterocycles. The molecule has 2 aromatic rings. The van der Waals surface area contributed by atoms with Crippen LogP contribution in [0.15, 0.2) is 36.4 Å². The number of hydrogen-bond donors (Lipinski definition) is 1. The zero-order valence-corrected chi connectivity index (χ0v) is 12.8. The third kappa shape index (κ3) is 2.83. The molecule has 1 aromatic heterocycles. The quantitative estimate of drug-likeness (QED) is 0.934. The van der Waals surface area contributed by atoms with E-state index in [0.717, 1.165) is 16.6 Å². The first-order chi connectivity index (χ1) is 9.22. The van der Waals surface area contributed by atoms with E-state index in [4.69, 9.17) is 5.73 Å². The third-order valence-corrected chi connectivity index (χ3v) is 6.15. The molecule has 1 atom stereocenters. The van der Waals surface area contributed by atoms with Crippen molar-refractivity contribution in [2.75, 3.05) is 6.26 Å². The van der Waals surface area contributed by atoms with E-state index in [0.29, 0.717) is 6.42 Å². The SMILES string of the molecule is CC(C)(C(N)Cc1ccc2ccccc2n1)S(C)(=O)=O. The number of pyridine rings is 1. The lowest BCUT2D eigenvalue weighted by Crippen LogP contribution is -2.50. The van der Waals surface area contributed by atoms with Crippen molar-refractivity contribution in [2.24, 2.45) is 5.73 Å². The first-order valence-corrected chi connectivity index (χ1v) is 8.41. The fraction of sp³-hybridized carbons (Fsp3) is 0.400. The van der Waals surface area contributed by atoms with Crippen LogP contribution in [0.3, 0.4) is 0 Å². The van der Waals surface area contributed by atoms with Gasteiger partial charge in [0.1, 0.15) is 0 Å². The Hall–Kier alpha value is -1.46. The van der Waals surface area contributed by atoms with Gasteiger partial charge in [0.15, 0.2) is 9.84 Å². The Balaban J connectivity index is 2.28. The van der Waals surface area contributed by atoms with Crippen molar-refractivity contribution < 1.29 is 8.42 Å². The van der Waals surface area contributed by atoms with Gasteiger partial charge in [-0.05, 0) is 26.0 Å². The molecular formula is C15H20N2O2S. The predicted molar refractivity (Wildman–Crippen MR) is 82.3 cm³/mol. The van der Waals surface area contributed by atoms with Crippen molar-refractivity contribution >= 4 is 20.7 Å². The molecule has 0 saturated heterocycles. The predicted octanol–water partition coefficient (Wildman–Crippen LogP) is 1.93. The Morgan fingerprint density at radius 1 is 1.20 bits per heavy atom. The molecule has 1 aromatic carbocycles. The maximum atomic E-state index is 11.8. The Morgan fingerprint density at radius 2 is 1.85 bits per heavy atom. The van der Waals surface area contributed by atoms with Crippen LogP contribution in [-0.2, 0) is 16.3 Å². The van der Waals surface area contributed by atoms with E-state index in [1.807, 2.05) is 36.4 Å². The smallest absolute Gasteiger partial charge is 0.154 e. The number of nitrogens with two attached hydrogens (primary N) is 1. The summed E-state index contributed by atoms with van der Waals surface area (Å²) < 4.78 is 22.6. The number of para-hydroxylation sites is 1. The molecule has 0 bridgehead atoms. The highest BCUT2D eigenvalue weighted by molar-refractivity contribution is 7.92. The van der Waals surface area contributed by atoms with Crippen molar-refractivity contribution in [1.29, 1.82) is 0 Å². The Morgan fingerprint density at radius 3 is 2.50 bits per heavy atom. The Labute approximate surface area is 119 Å². The molecule has 1 unspecified atom stereocenters. The second-order valence-corrected chi connectivity index (χ2v) is 8.28. The number of hydrogen-bond acceptors (Lipinski definition) is 4. The Kier molecular flexibility index (Phi) is 3.84. The number of fused-ring (bicyclic) bond motifs is 1. The molecule has 0 aliphatic rings. The molecule has 4 nitrogen and oxygen atoms in total. The van der Waals surface area contributed by atoms with Gasteiger partial charge >= 0.3 is 0 Å². The standard InChI is InChI=1S/C15H20N2O2S/c1-15(2,20(3,18)19)14(16)10-12-9-8-11-6-4-5-7-13(11)17-12/h4-9,14H,10,16H2,1-3H3. The largest absolute Gasteiger partial charge is 0.326 e. The van der Waals surface area contributed by atoms with Gasteiger partial charge in [-0.15, -0.1) is 0 Å². The van der Waals surface area contributed by atoms with Gasteiger partial charge in [0, 0.05) is 29.8 Å². The zero-order valence-electron chi connectivity index (χ0n) is 12.0. The normalized spacial score (nSPS) is 14.4. The molecule has 20 heavy (non-hydrogen) atoms. The molecular weight excluding hydrogens is 272 g/mol. The van der Waals surface area contributed by atoms with E-state index in [-0.39, 0.29) is 0 Å². The summed E-state index contributed by atoms with van der Waals surface area (Å²) in [5.74, 6) is 0. The van der Waals surface area contributed by atoms with Crippen molar-refractivity contribution in [2.45, 2.75) is 31.1 Å². The van der Waals surface area contributed by atoms with Crippen LogP contribution in [0.25, 0.3) is 10.9 Å². The molecule has 5 heteroatoms. The molecule has 0 radical (unpaired) electrons. The number of nitrogens with zero attached hydrogens (tertiary/aromatic N) is 1. The van der Waals surface area contributed by atoms with Crippen LogP contribution < -0.4 is 5.73 Å². The van der Waals surface area contributed by atoms with Crippen molar-refractivity contribution in [3.8, 4) is 0 Å². The fourth-order valence-electron chi connectivity index (χ4n) is 1.97. The van der Waals surface area contributed by atoms with Crippen molar-refractivity contribution in [3.05, 3.63) is 42.1 Å². The van der Waals surface area contributed by atoms with Gasteiger partial charge in [-0.25, -0.2) is 8.42 Å². The molecule has 0 amide bonds. The third-order valence-electron chi connectivity index (χ3n) is 3.93. The Bertz CT molecular complexity index is 723. The van der Waals surface area contributed by atoms with Gasteiger partial charge in [0.25, 0.3) is 0 Å². The lowest BCUT2D eigenvalue weighted by atomic mass is 9.98. The topological polar surface area (TPSA) is 73.0 Å². The first kappa shape index (κ1) is 14.9. The highest BCUT2D eigenvalue weighted by Crippen LogP contribution is 2.22. The summed E-state index contributed by atoms with van der Waals surface area (Å²) in [5, 5.41) is 1.06. The highest BCUT2D eigenvalue weighted by atomic mass is 32.2. The van der Waals surface area contributed by atoms with Crippen LogP contribution in [-0.4, -0.2) is 30.4 Å². The van der Waals surface area contributed by atoms with Crippen LogP contribution in [0.5, 0.6) is 0 Å². The van der Waals surface area contributed by atoms with Gasteiger partial charge in [-0.3, -0.25) is 4.98 Å². The highest BCUT2D eigenvalue weighted by Gasteiger charge is 2.36. The summed E-state index contributed by atoms with van der Waals surface area (Å²) >= 11 is 0. The first-order valence-electron chi connectivity index (χ1n) is 6.51. The van der Waals surface area contributed by atoms with E-state index >= 15 is 0 Å². The summed E-state index contributed by atoms with van der Waals surface area (Å²) in [4.78, 5) is 4.54. The maximum Gasteiger partial charge on any atom is 0.154 e. The van der Waals surface area contributed by atoms with Crippen LogP contribution >= 0.6 is 0 Å². The van der Waals surface area contributed by atoms with E-state index in [1.54, 1.807) is 13.8 Å². The van der Waals surface area contributed by atoms with E-state index in [1.165, 1.54) is 6.26 Å². The molecule has 2 rings (SSSR count). The van der Waals surface area contributed by atoms with Crippen LogP contribution in [0.4, 0.5) is 0 Å². The number of aromatic nitrogens is 1. The molecule has 0 saturated carbocycles. The summed E-state index contributed by atoms with van der Waals surface area (Å²) in [6.07, 6.45) is 1.66. The zero-order chi connectivity index (χ0) is 15.0. The average molecular weight is 292 g/mol. The summed E-state index contributed by atoms with van der Waals surface area (Å²) in [5.41, 5.74) is 7.80. The molecule has 0 fully saturated rings. The molecule has 2 N–H and O–H groups in total.